The molecule has 7 nitrogen and oxygen atoms in total. The zero-order valence-electron chi connectivity index (χ0n) is 17.6. The number of hydrogen-bond acceptors (Lipinski definition) is 6. The molecule has 0 amide bonds. The Morgan fingerprint density at radius 2 is 1.72 bits per heavy atom. The normalized spacial score (nSPS) is 11.9. The van der Waals surface area contributed by atoms with E-state index >= 15 is 0 Å². The highest BCUT2D eigenvalue weighted by atomic mass is 32.2. The Balaban J connectivity index is 1.67. The fourth-order valence-corrected chi connectivity index (χ4v) is 4.39. The van der Waals surface area contributed by atoms with Crippen LogP contribution in [-0.4, -0.2) is 19.7 Å². The molecule has 1 atom stereocenters. The predicted octanol–water partition coefficient (Wildman–Crippen LogP) is 5.02. The summed E-state index contributed by atoms with van der Waals surface area (Å²) in [6.45, 7) is 2.06. The third-order valence-electron chi connectivity index (χ3n) is 5.06. The Morgan fingerprint density at radius 1 is 1.00 bits per heavy atom. The molecule has 8 heteroatoms. The number of thioether (sulfide) groups is 1. The number of aromatic nitrogens is 3. The van der Waals surface area contributed by atoms with Crippen molar-refractivity contribution in [2.75, 3.05) is 0 Å². The summed E-state index contributed by atoms with van der Waals surface area (Å²) in [7, 11) is 0. The highest BCUT2D eigenvalue weighted by Crippen LogP contribution is 2.29. The molecule has 4 rings (SSSR count). The number of aryl methyl sites for hydroxylation is 1. The molecule has 2 N–H and O–H groups in total. The zero-order chi connectivity index (χ0) is 22.5. The Kier molecular flexibility index (Phi) is 6.63. The lowest BCUT2D eigenvalue weighted by atomic mass is 10.1. The fraction of sp³-hybridized carbons (Fsp3) is 0.167. The van der Waals surface area contributed by atoms with Crippen LogP contribution in [0, 0.1) is 17.0 Å². The van der Waals surface area contributed by atoms with Gasteiger partial charge in [-0.1, -0.05) is 71.9 Å². The van der Waals surface area contributed by atoms with Crippen molar-refractivity contribution in [3.63, 3.8) is 0 Å². The lowest BCUT2D eigenvalue weighted by Gasteiger charge is -2.15. The first-order valence-electron chi connectivity index (χ1n) is 10.2. The molecule has 0 aliphatic heterocycles. The van der Waals surface area contributed by atoms with Crippen LogP contribution in [0.4, 0.5) is 5.69 Å². The van der Waals surface area contributed by atoms with Gasteiger partial charge in [0.15, 0.2) is 11.0 Å². The predicted molar refractivity (Wildman–Crippen MR) is 126 cm³/mol. The number of non-ortho nitro benzene ring substituents is 1. The molecule has 0 fully saturated rings. The molecule has 3 aromatic carbocycles. The van der Waals surface area contributed by atoms with E-state index in [-0.39, 0.29) is 11.7 Å². The molecule has 162 valence electrons. The number of benzene rings is 3. The van der Waals surface area contributed by atoms with Crippen LogP contribution in [0.15, 0.2) is 84.0 Å². The van der Waals surface area contributed by atoms with E-state index in [1.54, 1.807) is 23.9 Å². The number of nitrogens with zero attached hydrogens (tertiary/aromatic N) is 4. The van der Waals surface area contributed by atoms with Gasteiger partial charge >= 0.3 is 0 Å². The molecule has 0 saturated heterocycles. The number of nitrogens with two attached hydrogens (primary N) is 1. The molecule has 1 unspecified atom stereocenters. The molecular weight excluding hydrogens is 422 g/mol. The molecule has 0 spiro atoms. The van der Waals surface area contributed by atoms with Gasteiger partial charge in [0.1, 0.15) is 0 Å². The van der Waals surface area contributed by atoms with Gasteiger partial charge in [-0.3, -0.25) is 14.7 Å². The van der Waals surface area contributed by atoms with Crippen LogP contribution < -0.4 is 5.73 Å². The number of hydrogen-bond donors (Lipinski definition) is 1. The summed E-state index contributed by atoms with van der Waals surface area (Å²) >= 11 is 1.56. The van der Waals surface area contributed by atoms with E-state index < -0.39 is 4.92 Å². The molecular formula is C24H23N5O2S. The summed E-state index contributed by atoms with van der Waals surface area (Å²) < 4.78 is 1.90. The van der Waals surface area contributed by atoms with Crippen molar-refractivity contribution in [1.82, 2.24) is 14.8 Å². The van der Waals surface area contributed by atoms with E-state index in [1.807, 2.05) is 41.0 Å². The van der Waals surface area contributed by atoms with E-state index in [9.17, 15) is 10.1 Å². The minimum Gasteiger partial charge on any atom is -0.321 e. The Morgan fingerprint density at radius 3 is 2.41 bits per heavy atom. The van der Waals surface area contributed by atoms with Crippen molar-refractivity contribution in [1.29, 1.82) is 0 Å². The molecule has 0 radical (unpaired) electrons. The van der Waals surface area contributed by atoms with Gasteiger partial charge in [0.2, 0.25) is 0 Å². The van der Waals surface area contributed by atoms with E-state index in [0.717, 1.165) is 17.0 Å². The van der Waals surface area contributed by atoms with Crippen molar-refractivity contribution >= 4 is 17.4 Å². The summed E-state index contributed by atoms with van der Waals surface area (Å²) in [6, 6.07) is 24.3. The first-order chi connectivity index (χ1) is 15.5. The van der Waals surface area contributed by atoms with Gasteiger partial charge in [-0.05, 0) is 36.6 Å². The third kappa shape index (κ3) is 5.04. The SMILES string of the molecule is Cc1cccc(CSc2nnc(C(N)Cc3ccccc3)n2-c2ccc([N+](=O)[O-])cc2)c1. The Hall–Kier alpha value is -3.49. The maximum atomic E-state index is 11.1. The van der Waals surface area contributed by atoms with Crippen LogP contribution in [0.1, 0.15) is 28.6 Å². The summed E-state index contributed by atoms with van der Waals surface area (Å²) in [6.07, 6.45) is 0.606. The standard InChI is InChI=1S/C24H23N5O2S/c1-17-6-5-9-19(14-17)16-32-24-27-26-23(22(25)15-18-7-3-2-4-8-18)28(24)20-10-12-21(13-11-20)29(30)31/h2-14,22H,15-16,25H2,1H3. The van der Waals surface area contributed by atoms with Crippen LogP contribution in [0.3, 0.4) is 0 Å². The molecule has 32 heavy (non-hydrogen) atoms. The van der Waals surface area contributed by atoms with Crippen molar-refractivity contribution in [2.24, 2.45) is 5.73 Å². The molecule has 4 aromatic rings. The highest BCUT2D eigenvalue weighted by molar-refractivity contribution is 7.98. The third-order valence-corrected chi connectivity index (χ3v) is 6.06. The minimum atomic E-state index is -0.411. The van der Waals surface area contributed by atoms with E-state index in [2.05, 4.69) is 35.3 Å². The molecule has 1 aromatic heterocycles. The summed E-state index contributed by atoms with van der Waals surface area (Å²) in [5.74, 6) is 1.34. The second kappa shape index (κ2) is 9.76. The molecule has 0 bridgehead atoms. The van der Waals surface area contributed by atoms with Crippen LogP contribution in [0.25, 0.3) is 5.69 Å². The average molecular weight is 446 g/mol. The topological polar surface area (TPSA) is 99.9 Å². The lowest BCUT2D eigenvalue weighted by Crippen LogP contribution is -2.19. The summed E-state index contributed by atoms with van der Waals surface area (Å²) in [5, 5.41) is 20.6. The van der Waals surface area contributed by atoms with Gasteiger partial charge in [-0.2, -0.15) is 0 Å². The molecule has 0 saturated carbocycles. The van der Waals surface area contributed by atoms with Gasteiger partial charge < -0.3 is 5.73 Å². The fourth-order valence-electron chi connectivity index (χ4n) is 3.49. The minimum absolute atomic E-state index is 0.0333. The van der Waals surface area contributed by atoms with E-state index in [4.69, 9.17) is 5.73 Å². The maximum Gasteiger partial charge on any atom is 0.269 e. The first kappa shape index (κ1) is 21.7. The van der Waals surface area contributed by atoms with E-state index in [0.29, 0.717) is 17.4 Å². The van der Waals surface area contributed by atoms with Crippen LogP contribution in [-0.2, 0) is 12.2 Å². The van der Waals surface area contributed by atoms with Crippen LogP contribution >= 0.6 is 11.8 Å². The van der Waals surface area contributed by atoms with Gasteiger partial charge in [-0.25, -0.2) is 0 Å². The summed E-state index contributed by atoms with van der Waals surface area (Å²) in [5.41, 5.74) is 10.8. The second-order valence-corrected chi connectivity index (χ2v) is 8.47. The Bertz CT molecular complexity index is 1210. The maximum absolute atomic E-state index is 11.1. The monoisotopic (exact) mass is 445 g/mol. The highest BCUT2D eigenvalue weighted by Gasteiger charge is 2.21. The number of nitro benzene ring substituents is 1. The average Bonchev–Trinajstić information content (AvgIpc) is 3.22. The van der Waals surface area contributed by atoms with Gasteiger partial charge in [0.25, 0.3) is 5.69 Å². The molecule has 0 aliphatic rings. The lowest BCUT2D eigenvalue weighted by molar-refractivity contribution is -0.384. The van der Waals surface area contributed by atoms with Crippen molar-refractivity contribution in [2.45, 2.75) is 30.3 Å². The zero-order valence-corrected chi connectivity index (χ0v) is 18.4. The smallest absolute Gasteiger partial charge is 0.269 e. The second-order valence-electron chi connectivity index (χ2n) is 7.52. The quantitative estimate of drug-likeness (QED) is 0.232. The molecule has 1 heterocycles. The Labute approximate surface area is 190 Å². The van der Waals surface area contributed by atoms with Gasteiger partial charge in [0.05, 0.1) is 11.0 Å². The van der Waals surface area contributed by atoms with Crippen molar-refractivity contribution < 1.29 is 4.92 Å². The first-order valence-corrected chi connectivity index (χ1v) is 11.2. The number of nitro groups is 1. The number of rotatable bonds is 8. The van der Waals surface area contributed by atoms with Gasteiger partial charge in [-0.15, -0.1) is 10.2 Å². The van der Waals surface area contributed by atoms with E-state index in [1.165, 1.54) is 23.3 Å². The van der Waals surface area contributed by atoms with Crippen LogP contribution in [0.2, 0.25) is 0 Å². The van der Waals surface area contributed by atoms with Crippen molar-refractivity contribution in [3.05, 3.63) is 111 Å². The largest absolute Gasteiger partial charge is 0.321 e. The van der Waals surface area contributed by atoms with Gasteiger partial charge in [0, 0.05) is 23.6 Å². The van der Waals surface area contributed by atoms with Crippen molar-refractivity contribution in [3.8, 4) is 5.69 Å². The summed E-state index contributed by atoms with van der Waals surface area (Å²) in [4.78, 5) is 10.7. The molecule has 0 aliphatic carbocycles. The van der Waals surface area contributed by atoms with Crippen LogP contribution in [0.5, 0.6) is 0 Å².